The van der Waals surface area contributed by atoms with Crippen LogP contribution in [0.25, 0.3) is 0 Å². The SMILES string of the molecule is CC1(C)CC(=O)C2=C(C1)Nc1ccccc1N(CC(=O)N1CCN(Cc3ccc4c(c3)OCO4)CC1)C2c1ccccc1F. The molecular formula is C35H37FN4O4. The zero-order chi connectivity index (χ0) is 30.4. The first-order valence-corrected chi connectivity index (χ1v) is 15.3. The summed E-state index contributed by atoms with van der Waals surface area (Å²) in [6.45, 7) is 7.83. The molecule has 228 valence electrons. The maximum absolute atomic E-state index is 15.6. The van der Waals surface area contributed by atoms with Crippen molar-refractivity contribution in [2.45, 2.75) is 39.3 Å². The Balaban J connectivity index is 1.16. The van der Waals surface area contributed by atoms with E-state index in [9.17, 15) is 9.59 Å². The predicted octanol–water partition coefficient (Wildman–Crippen LogP) is 5.52. The molecule has 44 heavy (non-hydrogen) atoms. The number of para-hydroxylation sites is 2. The number of nitrogens with zero attached hydrogens (tertiary/aromatic N) is 3. The lowest BCUT2D eigenvalue weighted by Gasteiger charge is -2.40. The molecular weight excluding hydrogens is 559 g/mol. The summed E-state index contributed by atoms with van der Waals surface area (Å²) in [5, 5.41) is 3.54. The van der Waals surface area contributed by atoms with Gasteiger partial charge < -0.3 is 24.6 Å². The lowest BCUT2D eigenvalue weighted by Crippen LogP contribution is -2.51. The highest BCUT2D eigenvalue weighted by atomic mass is 19.1. The summed E-state index contributed by atoms with van der Waals surface area (Å²) in [6.07, 6.45) is 1.02. The average molecular weight is 597 g/mol. The zero-order valence-corrected chi connectivity index (χ0v) is 25.1. The summed E-state index contributed by atoms with van der Waals surface area (Å²) < 4.78 is 26.5. The van der Waals surface area contributed by atoms with Gasteiger partial charge in [-0.15, -0.1) is 0 Å². The Morgan fingerprint density at radius 1 is 0.955 bits per heavy atom. The molecule has 1 saturated heterocycles. The van der Waals surface area contributed by atoms with Crippen LogP contribution in [0.3, 0.4) is 0 Å². The Bertz CT molecular complexity index is 1650. The molecule has 3 aromatic rings. The van der Waals surface area contributed by atoms with Crippen LogP contribution in [-0.2, 0) is 16.1 Å². The van der Waals surface area contributed by atoms with Gasteiger partial charge in [0.2, 0.25) is 12.7 Å². The molecule has 1 unspecified atom stereocenters. The fourth-order valence-corrected chi connectivity index (χ4v) is 6.95. The van der Waals surface area contributed by atoms with Gasteiger partial charge in [0, 0.05) is 56.0 Å². The molecule has 7 rings (SSSR count). The monoisotopic (exact) mass is 596 g/mol. The Hall–Kier alpha value is -4.37. The number of nitrogens with one attached hydrogen (secondary N) is 1. The highest BCUT2D eigenvalue weighted by molar-refractivity contribution is 6.02. The van der Waals surface area contributed by atoms with Crippen LogP contribution < -0.4 is 19.7 Å². The predicted molar refractivity (Wildman–Crippen MR) is 166 cm³/mol. The second-order valence-electron chi connectivity index (χ2n) is 12.9. The number of hydrogen-bond donors (Lipinski definition) is 1. The zero-order valence-electron chi connectivity index (χ0n) is 25.1. The number of amides is 1. The molecule has 1 aliphatic carbocycles. The number of Topliss-reactive ketones (excluding diaryl/α,β-unsaturated/α-hetero) is 1. The number of hydrogen-bond acceptors (Lipinski definition) is 7. The van der Waals surface area contributed by atoms with Crippen LogP contribution in [-0.4, -0.2) is 61.0 Å². The van der Waals surface area contributed by atoms with E-state index in [0.717, 1.165) is 53.8 Å². The van der Waals surface area contributed by atoms with Crippen molar-refractivity contribution in [1.82, 2.24) is 9.80 Å². The van der Waals surface area contributed by atoms with Crippen LogP contribution in [0.4, 0.5) is 15.8 Å². The molecule has 3 aromatic carbocycles. The van der Waals surface area contributed by atoms with E-state index in [1.165, 1.54) is 6.07 Å². The molecule has 4 aliphatic rings. The van der Waals surface area contributed by atoms with Gasteiger partial charge in [-0.1, -0.05) is 50.2 Å². The summed E-state index contributed by atoms with van der Waals surface area (Å²) in [5.74, 6) is 1.09. The summed E-state index contributed by atoms with van der Waals surface area (Å²) in [5.41, 5.74) is 4.24. The standard InChI is InChI=1S/C35H37FN4O4/c1-35(2)18-27-33(29(41)19-35)34(24-7-3-4-8-25(24)36)40(28-10-6-5-9-26(28)37-27)21-32(42)39-15-13-38(14-16-39)20-23-11-12-30-31(17-23)44-22-43-30/h3-12,17,34,37H,13-16,18-22H2,1-2H3. The van der Waals surface area contributed by atoms with Crippen molar-refractivity contribution in [3.63, 3.8) is 0 Å². The minimum Gasteiger partial charge on any atom is -0.454 e. The maximum atomic E-state index is 15.6. The van der Waals surface area contributed by atoms with Crippen LogP contribution in [0.1, 0.15) is 43.9 Å². The lowest BCUT2D eigenvalue weighted by atomic mass is 9.73. The summed E-state index contributed by atoms with van der Waals surface area (Å²) in [7, 11) is 0. The van der Waals surface area contributed by atoms with Crippen molar-refractivity contribution in [2.24, 2.45) is 5.41 Å². The van der Waals surface area contributed by atoms with Crippen molar-refractivity contribution in [3.8, 4) is 11.5 Å². The number of carbonyl (C=O) groups excluding carboxylic acids is 2. The molecule has 0 bridgehead atoms. The third-order valence-electron chi connectivity index (χ3n) is 9.08. The van der Waals surface area contributed by atoms with Crippen LogP contribution in [0, 0.1) is 11.2 Å². The van der Waals surface area contributed by atoms with Gasteiger partial charge in [-0.25, -0.2) is 4.39 Å². The highest BCUT2D eigenvalue weighted by Crippen LogP contribution is 2.48. The lowest BCUT2D eigenvalue weighted by molar-refractivity contribution is -0.131. The van der Waals surface area contributed by atoms with Crippen molar-refractivity contribution in [3.05, 3.63) is 94.9 Å². The Labute approximate surface area is 257 Å². The van der Waals surface area contributed by atoms with Crippen molar-refractivity contribution >= 4 is 23.1 Å². The molecule has 1 N–H and O–H groups in total. The number of piperazine rings is 1. The van der Waals surface area contributed by atoms with Crippen LogP contribution in [0.15, 0.2) is 78.0 Å². The number of rotatable bonds is 5. The molecule has 1 amide bonds. The second-order valence-corrected chi connectivity index (χ2v) is 12.9. The van der Waals surface area contributed by atoms with E-state index in [4.69, 9.17) is 9.47 Å². The topological polar surface area (TPSA) is 74.4 Å². The van der Waals surface area contributed by atoms with Gasteiger partial charge in [0.15, 0.2) is 17.3 Å². The average Bonchev–Trinajstić information content (AvgIpc) is 3.42. The van der Waals surface area contributed by atoms with Gasteiger partial charge in [-0.3, -0.25) is 14.5 Å². The number of carbonyl (C=O) groups is 2. The molecule has 1 atom stereocenters. The number of benzene rings is 3. The van der Waals surface area contributed by atoms with Crippen LogP contribution in [0.2, 0.25) is 0 Å². The number of ketones is 1. The van der Waals surface area contributed by atoms with E-state index in [1.807, 2.05) is 46.2 Å². The van der Waals surface area contributed by atoms with E-state index in [-0.39, 0.29) is 30.4 Å². The number of ether oxygens (including phenoxy) is 2. The first-order valence-electron chi connectivity index (χ1n) is 15.3. The van der Waals surface area contributed by atoms with Gasteiger partial charge >= 0.3 is 0 Å². The van der Waals surface area contributed by atoms with Crippen molar-refractivity contribution < 1.29 is 23.5 Å². The number of fused-ring (bicyclic) bond motifs is 2. The summed E-state index contributed by atoms with van der Waals surface area (Å²) in [6, 6.07) is 19.6. The Morgan fingerprint density at radius 2 is 1.70 bits per heavy atom. The van der Waals surface area contributed by atoms with E-state index < -0.39 is 11.9 Å². The molecule has 0 spiro atoms. The molecule has 3 heterocycles. The normalized spacial score (nSPS) is 21.0. The molecule has 9 heteroatoms. The van der Waals surface area contributed by atoms with Crippen LogP contribution >= 0.6 is 0 Å². The van der Waals surface area contributed by atoms with E-state index in [0.29, 0.717) is 37.1 Å². The smallest absolute Gasteiger partial charge is 0.242 e. The first kappa shape index (κ1) is 28.4. The van der Waals surface area contributed by atoms with Gasteiger partial charge in [0.05, 0.1) is 24.0 Å². The quantitative estimate of drug-likeness (QED) is 0.416. The Morgan fingerprint density at radius 3 is 2.52 bits per heavy atom. The van der Waals surface area contributed by atoms with E-state index in [2.05, 4.69) is 30.1 Å². The molecule has 0 radical (unpaired) electrons. The largest absolute Gasteiger partial charge is 0.454 e. The fraction of sp³-hybridized carbons (Fsp3) is 0.371. The van der Waals surface area contributed by atoms with Gasteiger partial charge in [-0.05, 0) is 47.7 Å². The molecule has 0 aromatic heterocycles. The summed E-state index contributed by atoms with van der Waals surface area (Å²) >= 11 is 0. The number of halogens is 1. The summed E-state index contributed by atoms with van der Waals surface area (Å²) in [4.78, 5) is 34.0. The highest BCUT2D eigenvalue weighted by Gasteiger charge is 2.43. The van der Waals surface area contributed by atoms with Crippen molar-refractivity contribution in [2.75, 3.05) is 49.7 Å². The molecule has 3 aliphatic heterocycles. The minimum atomic E-state index is -0.734. The van der Waals surface area contributed by atoms with E-state index in [1.54, 1.807) is 18.2 Å². The fourth-order valence-electron chi connectivity index (χ4n) is 6.95. The van der Waals surface area contributed by atoms with Crippen LogP contribution in [0.5, 0.6) is 11.5 Å². The molecule has 1 fully saturated rings. The third kappa shape index (κ3) is 5.41. The van der Waals surface area contributed by atoms with E-state index >= 15 is 4.39 Å². The van der Waals surface area contributed by atoms with Gasteiger partial charge in [-0.2, -0.15) is 0 Å². The maximum Gasteiger partial charge on any atom is 0.242 e. The van der Waals surface area contributed by atoms with Crippen molar-refractivity contribution in [1.29, 1.82) is 0 Å². The number of anilines is 2. The van der Waals surface area contributed by atoms with Gasteiger partial charge in [0.25, 0.3) is 0 Å². The van der Waals surface area contributed by atoms with Gasteiger partial charge in [0.1, 0.15) is 5.82 Å². The second kappa shape index (κ2) is 11.3. The number of allylic oxidation sites excluding steroid dienone is 1. The molecule has 0 saturated carbocycles. The third-order valence-corrected chi connectivity index (χ3v) is 9.08. The minimum absolute atomic E-state index is 0.0145. The Kier molecular flexibility index (Phi) is 7.28. The first-order chi connectivity index (χ1) is 21.3. The molecule has 8 nitrogen and oxygen atoms in total.